The summed E-state index contributed by atoms with van der Waals surface area (Å²) in [5.74, 6) is 0. The minimum Gasteiger partial charge on any atom is -0.216 e. The highest BCUT2D eigenvalue weighted by molar-refractivity contribution is 7.34. The molecule has 0 N–H and O–H groups in total. The Bertz CT molecular complexity index is 1530. The van der Waals surface area contributed by atoms with Gasteiger partial charge in [0, 0.05) is 19.5 Å². The molecule has 0 bridgehead atoms. The lowest BCUT2D eigenvalue weighted by Crippen LogP contribution is -1.84. The van der Waals surface area contributed by atoms with E-state index < -0.39 is 0 Å². The Balaban J connectivity index is 2.00. The van der Waals surface area contributed by atoms with Gasteiger partial charge in [-0.1, -0.05) is 0 Å². The van der Waals surface area contributed by atoms with Gasteiger partial charge < -0.3 is 0 Å². The van der Waals surface area contributed by atoms with E-state index >= 15 is 0 Å². The molecule has 0 atom stereocenters. The van der Waals surface area contributed by atoms with Gasteiger partial charge in [-0.25, -0.2) is 9.98 Å². The molecule has 0 fully saturated rings. The van der Waals surface area contributed by atoms with Gasteiger partial charge >= 0.3 is 0 Å². The fourth-order valence-corrected chi connectivity index (χ4v) is 6.87. The van der Waals surface area contributed by atoms with E-state index in [0.717, 1.165) is 36.0 Å². The van der Waals surface area contributed by atoms with Crippen LogP contribution in [0.3, 0.4) is 0 Å². The normalized spacial score (nSPS) is 10.3. The van der Waals surface area contributed by atoms with Crippen LogP contribution in [-0.2, 0) is 0 Å². The van der Waals surface area contributed by atoms with Crippen molar-refractivity contribution in [2.75, 3.05) is 0 Å². The number of nitrogens with zero attached hydrogens (tertiary/aromatic N) is 6. The van der Waals surface area contributed by atoms with Gasteiger partial charge in [-0.05, 0) is 42.5 Å². The smallest absolute Gasteiger partial charge is 0.216 e. The number of aryl methyl sites for hydroxylation is 2. The maximum atomic E-state index is 8.97. The van der Waals surface area contributed by atoms with E-state index in [9.17, 15) is 0 Å². The van der Waals surface area contributed by atoms with E-state index in [1.165, 1.54) is 27.4 Å². The van der Waals surface area contributed by atoms with Crippen LogP contribution in [0.2, 0.25) is 0 Å². The van der Waals surface area contributed by atoms with Crippen LogP contribution in [-0.4, -0.2) is 11.4 Å². The standard InChI is InChI=1S/C20H8N6S3/c1-9-13-3-15(25-11(5-21)6-22)28-18(13)10(2)17-19(9)27-14-4-16(29-20(14)17)26-12(7-23)8-24/h3-4H,1-2H3. The van der Waals surface area contributed by atoms with Gasteiger partial charge in [0.15, 0.2) is 0 Å². The maximum Gasteiger partial charge on any atom is 0.219 e. The van der Waals surface area contributed by atoms with Gasteiger partial charge in [-0.2, -0.15) is 21.0 Å². The molecule has 0 amide bonds. The number of fused-ring (bicyclic) bond motifs is 4. The van der Waals surface area contributed by atoms with E-state index in [2.05, 4.69) is 23.8 Å². The molecule has 29 heavy (non-hydrogen) atoms. The molecule has 4 aromatic rings. The maximum absolute atomic E-state index is 8.97. The summed E-state index contributed by atoms with van der Waals surface area (Å²) in [6.07, 6.45) is 0. The molecule has 0 spiro atoms. The lowest BCUT2D eigenvalue weighted by molar-refractivity contribution is 1.51. The van der Waals surface area contributed by atoms with E-state index in [1.54, 1.807) is 35.6 Å². The molecule has 1 aromatic carbocycles. The van der Waals surface area contributed by atoms with Crippen molar-refractivity contribution in [3.63, 3.8) is 0 Å². The molecular weight excluding hydrogens is 420 g/mol. The van der Waals surface area contributed by atoms with Crippen LogP contribution in [0, 0.1) is 59.2 Å². The topological polar surface area (TPSA) is 120 Å². The summed E-state index contributed by atoms with van der Waals surface area (Å²) in [5.41, 5.74) is 1.90. The summed E-state index contributed by atoms with van der Waals surface area (Å²) in [6.45, 7) is 4.11. The summed E-state index contributed by atoms with van der Waals surface area (Å²) in [7, 11) is 0. The van der Waals surface area contributed by atoms with Crippen LogP contribution in [0.5, 0.6) is 0 Å². The summed E-state index contributed by atoms with van der Waals surface area (Å²) in [5, 5.41) is 39.3. The molecule has 9 heteroatoms. The van der Waals surface area contributed by atoms with E-state index in [4.69, 9.17) is 21.0 Å². The highest BCUT2D eigenvalue weighted by Crippen LogP contribution is 2.49. The Labute approximate surface area is 177 Å². The second-order valence-electron chi connectivity index (χ2n) is 6.03. The fraction of sp³-hybridized carbons (Fsp3) is 0.100. The first kappa shape index (κ1) is 18.7. The first-order valence-corrected chi connectivity index (χ1v) is 10.6. The van der Waals surface area contributed by atoms with Crippen LogP contribution in [0.4, 0.5) is 10.0 Å². The number of nitriles is 4. The van der Waals surface area contributed by atoms with Crippen LogP contribution in [0.25, 0.3) is 29.6 Å². The number of benzene rings is 1. The number of hydrogen-bond donors (Lipinski definition) is 0. The number of hydrogen-bond acceptors (Lipinski definition) is 9. The largest absolute Gasteiger partial charge is 0.219 e. The lowest BCUT2D eigenvalue weighted by atomic mass is 10.0. The molecule has 3 heterocycles. The molecule has 4 rings (SSSR count). The SMILES string of the molecule is Cc1c2cc(N=C(C#N)C#N)sc2c(C)c2c1sc1cc(N=C(C#N)C#N)sc12. The first-order valence-electron chi connectivity index (χ1n) is 8.17. The van der Waals surface area contributed by atoms with Crippen LogP contribution < -0.4 is 0 Å². The van der Waals surface area contributed by atoms with Crippen molar-refractivity contribution in [2.45, 2.75) is 13.8 Å². The molecular formula is C20H8N6S3. The monoisotopic (exact) mass is 428 g/mol. The van der Waals surface area contributed by atoms with Crippen molar-refractivity contribution in [3.8, 4) is 24.3 Å². The second-order valence-corrected chi connectivity index (χ2v) is 9.14. The van der Waals surface area contributed by atoms with E-state index in [1.807, 2.05) is 12.1 Å². The molecule has 136 valence electrons. The molecule has 0 radical (unpaired) electrons. The minimum atomic E-state index is -0.164. The summed E-state index contributed by atoms with van der Waals surface area (Å²) in [4.78, 5) is 8.27. The Kier molecular flexibility index (Phi) is 4.59. The summed E-state index contributed by atoms with van der Waals surface area (Å²) in [6, 6.07) is 11.0. The highest BCUT2D eigenvalue weighted by atomic mass is 32.1. The highest BCUT2D eigenvalue weighted by Gasteiger charge is 2.19. The second kappa shape index (κ2) is 7.09. The van der Waals surface area contributed by atoms with Crippen LogP contribution >= 0.6 is 34.0 Å². The van der Waals surface area contributed by atoms with Crippen molar-refractivity contribution in [2.24, 2.45) is 9.98 Å². The number of rotatable bonds is 2. The predicted molar refractivity (Wildman–Crippen MR) is 119 cm³/mol. The van der Waals surface area contributed by atoms with Crippen molar-refractivity contribution in [3.05, 3.63) is 23.3 Å². The quantitative estimate of drug-likeness (QED) is 0.353. The van der Waals surface area contributed by atoms with Crippen LogP contribution in [0.1, 0.15) is 11.1 Å². The number of aliphatic imine (C=N–C) groups is 2. The molecule has 0 aliphatic heterocycles. The zero-order chi connectivity index (χ0) is 20.7. The Morgan fingerprint density at radius 2 is 1.28 bits per heavy atom. The van der Waals surface area contributed by atoms with Gasteiger partial charge in [0.2, 0.25) is 11.4 Å². The first-order chi connectivity index (χ1) is 14.0. The zero-order valence-electron chi connectivity index (χ0n) is 15.1. The molecule has 0 saturated carbocycles. The van der Waals surface area contributed by atoms with E-state index in [0.29, 0.717) is 10.0 Å². The average molecular weight is 429 g/mol. The minimum absolute atomic E-state index is 0.162. The van der Waals surface area contributed by atoms with Crippen molar-refractivity contribution >= 4 is 85.0 Å². The van der Waals surface area contributed by atoms with E-state index in [-0.39, 0.29) is 11.4 Å². The average Bonchev–Trinajstić information content (AvgIpc) is 3.40. The van der Waals surface area contributed by atoms with Gasteiger partial charge in [0.05, 0.1) is 4.70 Å². The molecule has 0 saturated heterocycles. The molecule has 0 aliphatic carbocycles. The molecule has 6 nitrogen and oxygen atoms in total. The van der Waals surface area contributed by atoms with Gasteiger partial charge in [-0.3, -0.25) is 0 Å². The third kappa shape index (κ3) is 2.95. The Morgan fingerprint density at radius 1 is 0.724 bits per heavy atom. The van der Waals surface area contributed by atoms with Gasteiger partial charge in [0.25, 0.3) is 0 Å². The number of thiophene rings is 3. The Morgan fingerprint density at radius 3 is 1.86 bits per heavy atom. The van der Waals surface area contributed by atoms with Crippen molar-refractivity contribution in [1.82, 2.24) is 0 Å². The molecule has 0 unspecified atom stereocenters. The summed E-state index contributed by atoms with van der Waals surface area (Å²) < 4.78 is 4.38. The lowest BCUT2D eigenvalue weighted by Gasteiger charge is -2.04. The van der Waals surface area contributed by atoms with Crippen LogP contribution in [0.15, 0.2) is 22.1 Å². The molecule has 3 aromatic heterocycles. The zero-order valence-corrected chi connectivity index (χ0v) is 17.5. The molecule has 0 aliphatic rings. The third-order valence-corrected chi connectivity index (χ3v) is 7.98. The third-order valence-electron chi connectivity index (χ3n) is 4.40. The van der Waals surface area contributed by atoms with Gasteiger partial charge in [-0.15, -0.1) is 34.0 Å². The fourth-order valence-electron chi connectivity index (χ4n) is 3.13. The van der Waals surface area contributed by atoms with Crippen molar-refractivity contribution in [1.29, 1.82) is 21.0 Å². The van der Waals surface area contributed by atoms with Crippen molar-refractivity contribution < 1.29 is 0 Å². The predicted octanol–water partition coefficient (Wildman–Crippen LogP) is 6.19. The Hall–Kier alpha value is -3.60. The summed E-state index contributed by atoms with van der Waals surface area (Å²) >= 11 is 4.57. The van der Waals surface area contributed by atoms with Gasteiger partial charge in [0.1, 0.15) is 34.3 Å².